The Hall–Kier alpha value is -1.84. The van der Waals surface area contributed by atoms with Gasteiger partial charge in [0, 0.05) is 12.6 Å². The Morgan fingerprint density at radius 3 is 2.23 bits per heavy atom. The number of carbonyl (C=O) groups is 2. The molecule has 2 N–H and O–H groups in total. The van der Waals surface area contributed by atoms with Gasteiger partial charge in [-0.3, -0.25) is 4.79 Å². The number of nitrogens with two attached hydrogens (primary N) is 1. The lowest BCUT2D eigenvalue weighted by molar-refractivity contribution is -0.146. The second-order valence-corrected chi connectivity index (χ2v) is 2.51. The first-order valence-electron chi connectivity index (χ1n) is 3.68. The van der Waals surface area contributed by atoms with Gasteiger partial charge in [0.05, 0.1) is 0 Å². The Bertz CT molecular complexity index is 329. The predicted octanol–water partition coefficient (Wildman–Crippen LogP) is 0.763. The van der Waals surface area contributed by atoms with Crippen molar-refractivity contribution in [3.05, 3.63) is 24.3 Å². The summed E-state index contributed by atoms with van der Waals surface area (Å²) in [5.41, 5.74) is 5.98. The molecule has 0 aliphatic rings. The number of carbonyl (C=O) groups excluding carboxylic acids is 2. The maximum atomic E-state index is 10.8. The molecule has 1 rings (SSSR count). The molecule has 0 fully saturated rings. The zero-order chi connectivity index (χ0) is 9.84. The summed E-state index contributed by atoms with van der Waals surface area (Å²) in [5, 5.41) is 0. The average Bonchev–Trinajstić information content (AvgIpc) is 2.08. The van der Waals surface area contributed by atoms with Gasteiger partial charge in [-0.05, 0) is 24.3 Å². The molecule has 0 unspecified atom stereocenters. The van der Waals surface area contributed by atoms with Gasteiger partial charge in [-0.25, -0.2) is 4.79 Å². The third-order valence-electron chi connectivity index (χ3n) is 1.38. The smallest absolute Gasteiger partial charge is 0.379 e. The minimum absolute atomic E-state index is 0.314. The Labute approximate surface area is 75.3 Å². The largest absolute Gasteiger partial charge is 0.421 e. The lowest BCUT2D eigenvalue weighted by Gasteiger charge is -2.00. The van der Waals surface area contributed by atoms with Crippen molar-refractivity contribution in [2.75, 3.05) is 5.73 Å². The van der Waals surface area contributed by atoms with E-state index in [0.29, 0.717) is 11.4 Å². The number of nitrogen functional groups attached to an aromatic ring is 1. The first kappa shape index (κ1) is 9.25. The number of ketones is 1. The molecule has 4 heteroatoms. The molecule has 4 nitrogen and oxygen atoms in total. The van der Waals surface area contributed by atoms with E-state index in [4.69, 9.17) is 5.73 Å². The Morgan fingerprint density at radius 1 is 1.23 bits per heavy atom. The third kappa shape index (κ3) is 2.59. The van der Waals surface area contributed by atoms with Crippen LogP contribution in [0.5, 0.6) is 5.75 Å². The van der Waals surface area contributed by atoms with Crippen LogP contribution in [-0.2, 0) is 9.59 Å². The summed E-state index contributed by atoms with van der Waals surface area (Å²) >= 11 is 0. The quantitative estimate of drug-likeness (QED) is 0.315. The number of rotatable bonds is 2. The van der Waals surface area contributed by atoms with Gasteiger partial charge in [0.15, 0.2) is 0 Å². The van der Waals surface area contributed by atoms with E-state index in [1.54, 1.807) is 12.1 Å². The molecule has 0 saturated heterocycles. The zero-order valence-corrected chi connectivity index (χ0v) is 7.11. The first-order valence-corrected chi connectivity index (χ1v) is 3.68. The van der Waals surface area contributed by atoms with E-state index in [1.165, 1.54) is 12.1 Å². The molecular weight excluding hydrogens is 170 g/mol. The molecule has 0 aromatic heterocycles. The topological polar surface area (TPSA) is 69.4 Å². The van der Waals surface area contributed by atoms with E-state index < -0.39 is 11.8 Å². The van der Waals surface area contributed by atoms with Crippen molar-refractivity contribution < 1.29 is 14.3 Å². The van der Waals surface area contributed by atoms with Crippen LogP contribution in [0.15, 0.2) is 24.3 Å². The number of ether oxygens (including phenoxy) is 1. The molecule has 0 atom stereocenters. The van der Waals surface area contributed by atoms with Crippen LogP contribution in [0.2, 0.25) is 0 Å². The highest BCUT2D eigenvalue weighted by atomic mass is 16.5. The van der Waals surface area contributed by atoms with E-state index in [9.17, 15) is 9.59 Å². The summed E-state index contributed by atoms with van der Waals surface area (Å²) < 4.78 is 4.69. The Morgan fingerprint density at radius 2 is 1.77 bits per heavy atom. The number of hydrogen-bond acceptors (Lipinski definition) is 4. The van der Waals surface area contributed by atoms with Crippen LogP contribution in [0.4, 0.5) is 5.69 Å². The van der Waals surface area contributed by atoms with Gasteiger partial charge in [0.2, 0.25) is 5.78 Å². The maximum absolute atomic E-state index is 10.8. The molecule has 0 aliphatic heterocycles. The highest BCUT2D eigenvalue weighted by Crippen LogP contribution is 2.12. The molecule has 1 aromatic carbocycles. The van der Waals surface area contributed by atoms with E-state index in [2.05, 4.69) is 4.74 Å². The van der Waals surface area contributed by atoms with Crippen LogP contribution in [0.25, 0.3) is 0 Å². The minimum atomic E-state index is -0.871. The highest BCUT2D eigenvalue weighted by molar-refractivity contribution is 6.33. The maximum Gasteiger partial charge on any atom is 0.379 e. The minimum Gasteiger partial charge on any atom is -0.421 e. The standard InChI is InChI=1S/C9H9NO3/c1-6(11)9(12)13-8-4-2-7(10)3-5-8/h2-5H,10H2,1H3. The molecule has 1 aromatic rings. The summed E-state index contributed by atoms with van der Waals surface area (Å²) in [7, 11) is 0. The number of esters is 1. The summed E-state index contributed by atoms with van der Waals surface area (Å²) in [6.07, 6.45) is 0. The van der Waals surface area contributed by atoms with Crippen LogP contribution >= 0.6 is 0 Å². The van der Waals surface area contributed by atoms with Gasteiger partial charge in [-0.15, -0.1) is 0 Å². The fourth-order valence-electron chi connectivity index (χ4n) is 0.715. The van der Waals surface area contributed by atoms with Crippen LogP contribution in [0.3, 0.4) is 0 Å². The van der Waals surface area contributed by atoms with E-state index in [1.807, 2.05) is 0 Å². The third-order valence-corrected chi connectivity index (χ3v) is 1.38. The molecule has 68 valence electrons. The highest BCUT2D eigenvalue weighted by Gasteiger charge is 2.09. The molecule has 13 heavy (non-hydrogen) atoms. The number of anilines is 1. The molecule has 0 bridgehead atoms. The average molecular weight is 179 g/mol. The Kier molecular flexibility index (Phi) is 2.64. The molecule has 0 radical (unpaired) electrons. The van der Waals surface area contributed by atoms with Crippen molar-refractivity contribution in [3.8, 4) is 5.75 Å². The van der Waals surface area contributed by atoms with Gasteiger partial charge in [-0.1, -0.05) is 0 Å². The zero-order valence-electron chi connectivity index (χ0n) is 7.11. The molecular formula is C9H9NO3. The van der Waals surface area contributed by atoms with Crippen LogP contribution < -0.4 is 10.5 Å². The SMILES string of the molecule is CC(=O)C(=O)Oc1ccc(N)cc1. The van der Waals surface area contributed by atoms with Crippen molar-refractivity contribution in [3.63, 3.8) is 0 Å². The van der Waals surface area contributed by atoms with E-state index >= 15 is 0 Å². The fraction of sp³-hybridized carbons (Fsp3) is 0.111. The monoisotopic (exact) mass is 179 g/mol. The van der Waals surface area contributed by atoms with Gasteiger partial charge in [-0.2, -0.15) is 0 Å². The second kappa shape index (κ2) is 3.71. The van der Waals surface area contributed by atoms with Crippen LogP contribution in [0.1, 0.15) is 6.92 Å². The summed E-state index contributed by atoms with van der Waals surface area (Å²) in [6.45, 7) is 1.15. The number of hydrogen-bond donors (Lipinski definition) is 1. The second-order valence-electron chi connectivity index (χ2n) is 2.51. The van der Waals surface area contributed by atoms with Gasteiger partial charge < -0.3 is 10.5 Å². The Balaban J connectivity index is 2.70. The molecule has 0 saturated carbocycles. The molecule has 0 heterocycles. The molecule has 0 aliphatic carbocycles. The van der Waals surface area contributed by atoms with Gasteiger partial charge in [0.1, 0.15) is 5.75 Å². The summed E-state index contributed by atoms with van der Waals surface area (Å²) in [6, 6.07) is 6.22. The molecule has 0 spiro atoms. The molecule has 0 amide bonds. The number of benzene rings is 1. The van der Waals surface area contributed by atoms with Crippen molar-refractivity contribution in [1.29, 1.82) is 0 Å². The van der Waals surface area contributed by atoms with Crippen molar-refractivity contribution in [2.45, 2.75) is 6.92 Å². The number of Topliss-reactive ketones (excluding diaryl/α,β-unsaturated/α-hetero) is 1. The van der Waals surface area contributed by atoms with Crippen molar-refractivity contribution in [2.24, 2.45) is 0 Å². The lowest BCUT2D eigenvalue weighted by atomic mass is 10.3. The fourth-order valence-corrected chi connectivity index (χ4v) is 0.715. The predicted molar refractivity (Wildman–Crippen MR) is 47.2 cm³/mol. The lowest BCUT2D eigenvalue weighted by Crippen LogP contribution is -2.16. The summed E-state index contributed by atoms with van der Waals surface area (Å²) in [5.74, 6) is -1.18. The normalized spacial score (nSPS) is 9.31. The van der Waals surface area contributed by atoms with Gasteiger partial charge in [0.25, 0.3) is 0 Å². The van der Waals surface area contributed by atoms with Gasteiger partial charge >= 0.3 is 5.97 Å². The van der Waals surface area contributed by atoms with Crippen molar-refractivity contribution >= 4 is 17.4 Å². The van der Waals surface area contributed by atoms with Crippen LogP contribution in [0, 0.1) is 0 Å². The summed E-state index contributed by atoms with van der Waals surface area (Å²) in [4.78, 5) is 21.3. The van der Waals surface area contributed by atoms with Crippen LogP contribution in [-0.4, -0.2) is 11.8 Å². The van der Waals surface area contributed by atoms with Crippen molar-refractivity contribution in [1.82, 2.24) is 0 Å². The van der Waals surface area contributed by atoms with E-state index in [0.717, 1.165) is 6.92 Å². The van der Waals surface area contributed by atoms with E-state index in [-0.39, 0.29) is 0 Å². The first-order chi connectivity index (χ1) is 6.09.